The van der Waals surface area contributed by atoms with Crippen molar-refractivity contribution in [2.45, 2.75) is 6.92 Å². The fourth-order valence-electron chi connectivity index (χ4n) is 2.55. The zero-order valence-corrected chi connectivity index (χ0v) is 17.2. The van der Waals surface area contributed by atoms with Gasteiger partial charge in [-0.1, -0.05) is 104 Å². The van der Waals surface area contributed by atoms with Crippen LogP contribution in [0.4, 0.5) is 0 Å². The van der Waals surface area contributed by atoms with Gasteiger partial charge in [0.2, 0.25) is 0 Å². The lowest BCUT2D eigenvalue weighted by atomic mass is 9.97. The molecule has 0 bridgehead atoms. The first-order valence-corrected chi connectivity index (χ1v) is 9.51. The van der Waals surface area contributed by atoms with Crippen molar-refractivity contribution in [3.63, 3.8) is 0 Å². The number of hydrogen-bond acceptors (Lipinski definition) is 4. The summed E-state index contributed by atoms with van der Waals surface area (Å²) in [5.74, 6) is -1.24. The summed E-state index contributed by atoms with van der Waals surface area (Å²) in [7, 11) is 0. The molecule has 0 amide bonds. The molecule has 4 heteroatoms. The van der Waals surface area contributed by atoms with Gasteiger partial charge in [-0.25, -0.2) is 0 Å². The number of rotatable bonds is 7. The molecule has 154 valence electrons. The number of ketones is 4. The second-order valence-corrected chi connectivity index (χ2v) is 6.60. The monoisotopic (exact) mass is 410 g/mol. The molecular weight excluding hydrogens is 388 g/mol. The minimum atomic E-state index is -0.329. The van der Waals surface area contributed by atoms with Gasteiger partial charge in [-0.2, -0.15) is 0 Å². The van der Waals surface area contributed by atoms with Crippen LogP contribution in [0.15, 0.2) is 115 Å². The average molecular weight is 410 g/mol. The van der Waals surface area contributed by atoms with E-state index in [1.165, 1.54) is 6.92 Å². The molecule has 0 fully saturated rings. The summed E-state index contributed by atoms with van der Waals surface area (Å²) in [4.78, 5) is 46.4. The molecule has 31 heavy (non-hydrogen) atoms. The lowest BCUT2D eigenvalue weighted by Gasteiger charge is -2.04. The summed E-state index contributed by atoms with van der Waals surface area (Å²) in [5, 5.41) is 0. The standard InChI is InChI=1S/C16H12O2.C11H10O2/c1-12(15(17)13-8-4-2-5-9-13)16(18)14-10-6-3-7-11-14;1-8(9(2)12)11(13)10-6-4-3-5-7-10/h2-11H,1H2;3-7H,1H2,2H3. The molecule has 0 unspecified atom stereocenters. The van der Waals surface area contributed by atoms with Gasteiger partial charge >= 0.3 is 0 Å². The van der Waals surface area contributed by atoms with E-state index in [4.69, 9.17) is 0 Å². The summed E-state index contributed by atoms with van der Waals surface area (Å²) in [6.07, 6.45) is 0. The van der Waals surface area contributed by atoms with Crippen LogP contribution in [-0.4, -0.2) is 23.1 Å². The minimum Gasteiger partial charge on any atom is -0.294 e. The Morgan fingerprint density at radius 2 is 0.742 bits per heavy atom. The van der Waals surface area contributed by atoms with Gasteiger partial charge in [-0.15, -0.1) is 0 Å². The third-order valence-electron chi connectivity index (χ3n) is 4.36. The Kier molecular flexibility index (Phi) is 8.29. The van der Waals surface area contributed by atoms with Crippen LogP contribution in [0, 0.1) is 0 Å². The Morgan fingerprint density at radius 1 is 0.484 bits per heavy atom. The Balaban J connectivity index is 0.000000233. The predicted octanol–water partition coefficient (Wildman–Crippen LogP) is 5.32. The fourth-order valence-corrected chi connectivity index (χ4v) is 2.55. The fraction of sp³-hybridized carbons (Fsp3) is 0.0370. The van der Waals surface area contributed by atoms with Crippen LogP contribution in [-0.2, 0) is 4.79 Å². The first kappa shape index (κ1) is 23.1. The van der Waals surface area contributed by atoms with Gasteiger partial charge in [-0.05, 0) is 6.92 Å². The molecular formula is C27H22O4. The van der Waals surface area contributed by atoms with E-state index in [1.54, 1.807) is 72.8 Å². The third-order valence-corrected chi connectivity index (χ3v) is 4.36. The predicted molar refractivity (Wildman–Crippen MR) is 121 cm³/mol. The van der Waals surface area contributed by atoms with Crippen molar-refractivity contribution >= 4 is 23.1 Å². The van der Waals surface area contributed by atoms with Gasteiger partial charge in [0.1, 0.15) is 0 Å². The Labute approximate surface area is 181 Å². The van der Waals surface area contributed by atoms with E-state index in [9.17, 15) is 19.2 Å². The van der Waals surface area contributed by atoms with E-state index in [-0.39, 0.29) is 34.3 Å². The van der Waals surface area contributed by atoms with Crippen molar-refractivity contribution in [1.29, 1.82) is 0 Å². The second kappa shape index (κ2) is 11.1. The molecule has 0 aliphatic carbocycles. The van der Waals surface area contributed by atoms with Gasteiger partial charge in [0, 0.05) is 16.7 Å². The molecule has 0 saturated carbocycles. The van der Waals surface area contributed by atoms with Gasteiger partial charge < -0.3 is 0 Å². The highest BCUT2D eigenvalue weighted by atomic mass is 16.2. The van der Waals surface area contributed by atoms with Gasteiger partial charge in [0.15, 0.2) is 23.1 Å². The Morgan fingerprint density at radius 3 is 1.00 bits per heavy atom. The quantitative estimate of drug-likeness (QED) is 0.229. The highest BCUT2D eigenvalue weighted by Crippen LogP contribution is 2.12. The zero-order valence-electron chi connectivity index (χ0n) is 17.2. The van der Waals surface area contributed by atoms with E-state index in [2.05, 4.69) is 13.2 Å². The van der Waals surface area contributed by atoms with Crippen molar-refractivity contribution in [1.82, 2.24) is 0 Å². The summed E-state index contributed by atoms with van der Waals surface area (Å²) < 4.78 is 0. The van der Waals surface area contributed by atoms with Crippen LogP contribution in [0.1, 0.15) is 38.0 Å². The molecule has 4 nitrogen and oxygen atoms in total. The summed E-state index contributed by atoms with van der Waals surface area (Å²) in [6.45, 7) is 8.38. The molecule has 0 N–H and O–H groups in total. The second-order valence-electron chi connectivity index (χ2n) is 6.60. The van der Waals surface area contributed by atoms with Crippen LogP contribution in [0.5, 0.6) is 0 Å². The highest BCUT2D eigenvalue weighted by Gasteiger charge is 2.18. The molecule has 0 spiro atoms. The SMILES string of the molecule is C=C(C(=O)c1ccccc1)C(=O)c1ccccc1.C=C(C(C)=O)C(=O)c1ccccc1. The molecule has 3 rings (SSSR count). The number of Topliss-reactive ketones (excluding diaryl/α,β-unsaturated/α-hetero) is 4. The highest BCUT2D eigenvalue weighted by molar-refractivity contribution is 6.30. The van der Waals surface area contributed by atoms with Crippen molar-refractivity contribution in [3.8, 4) is 0 Å². The van der Waals surface area contributed by atoms with Crippen molar-refractivity contribution in [2.75, 3.05) is 0 Å². The van der Waals surface area contributed by atoms with E-state index >= 15 is 0 Å². The van der Waals surface area contributed by atoms with Crippen molar-refractivity contribution in [2.24, 2.45) is 0 Å². The topological polar surface area (TPSA) is 68.3 Å². The summed E-state index contributed by atoms with van der Waals surface area (Å²) in [5.41, 5.74) is 1.49. The number of carbonyl (C=O) groups is 4. The van der Waals surface area contributed by atoms with Crippen LogP contribution in [0.2, 0.25) is 0 Å². The number of benzene rings is 3. The molecule has 3 aromatic carbocycles. The lowest BCUT2D eigenvalue weighted by Crippen LogP contribution is -2.12. The molecule has 0 saturated heterocycles. The number of carbonyl (C=O) groups excluding carboxylic acids is 4. The van der Waals surface area contributed by atoms with Crippen LogP contribution in [0.3, 0.4) is 0 Å². The molecule has 0 heterocycles. The normalized spacial score (nSPS) is 9.58. The maximum absolute atomic E-state index is 12.0. The van der Waals surface area contributed by atoms with Crippen molar-refractivity contribution < 1.29 is 19.2 Å². The molecule has 0 radical (unpaired) electrons. The van der Waals surface area contributed by atoms with Crippen LogP contribution in [0.25, 0.3) is 0 Å². The average Bonchev–Trinajstić information content (AvgIpc) is 2.83. The van der Waals surface area contributed by atoms with Gasteiger partial charge in [0.05, 0.1) is 11.1 Å². The van der Waals surface area contributed by atoms with E-state index in [0.717, 1.165) is 0 Å². The smallest absolute Gasteiger partial charge is 0.196 e. The third kappa shape index (κ3) is 6.41. The molecule has 0 aliphatic rings. The Bertz CT molecular complexity index is 1060. The van der Waals surface area contributed by atoms with E-state index < -0.39 is 0 Å². The van der Waals surface area contributed by atoms with Gasteiger partial charge in [0.25, 0.3) is 0 Å². The number of hydrogen-bond donors (Lipinski definition) is 0. The maximum Gasteiger partial charge on any atom is 0.196 e. The van der Waals surface area contributed by atoms with E-state index in [1.807, 2.05) is 18.2 Å². The van der Waals surface area contributed by atoms with Gasteiger partial charge in [-0.3, -0.25) is 19.2 Å². The molecule has 3 aromatic rings. The molecule has 0 aliphatic heterocycles. The van der Waals surface area contributed by atoms with Crippen LogP contribution >= 0.6 is 0 Å². The summed E-state index contributed by atoms with van der Waals surface area (Å²) >= 11 is 0. The Hall–Kier alpha value is -4.18. The summed E-state index contributed by atoms with van der Waals surface area (Å²) in [6, 6.07) is 26.0. The maximum atomic E-state index is 12.0. The largest absolute Gasteiger partial charge is 0.294 e. The zero-order chi connectivity index (χ0) is 22.8. The van der Waals surface area contributed by atoms with E-state index in [0.29, 0.717) is 16.7 Å². The lowest BCUT2D eigenvalue weighted by molar-refractivity contribution is -0.113. The van der Waals surface area contributed by atoms with Crippen molar-refractivity contribution in [3.05, 3.63) is 132 Å². The number of allylic oxidation sites excluding steroid dienone is 2. The minimum absolute atomic E-state index is 0.00704. The molecule has 0 atom stereocenters. The first-order valence-electron chi connectivity index (χ1n) is 9.51. The van der Waals surface area contributed by atoms with Crippen LogP contribution < -0.4 is 0 Å². The first-order chi connectivity index (χ1) is 14.8. The molecule has 0 aromatic heterocycles.